The summed E-state index contributed by atoms with van der Waals surface area (Å²) in [6.07, 6.45) is 10.8. The van der Waals surface area contributed by atoms with Crippen LogP contribution >= 0.6 is 0 Å². The molecule has 1 saturated carbocycles. The number of hydrogen-bond acceptors (Lipinski definition) is 3. The van der Waals surface area contributed by atoms with Gasteiger partial charge in [0.15, 0.2) is 0 Å². The van der Waals surface area contributed by atoms with E-state index in [0.717, 1.165) is 49.7 Å². The summed E-state index contributed by atoms with van der Waals surface area (Å²) in [5, 5.41) is 9.76. The number of unbranched alkanes of at least 4 members (excludes halogenated alkanes) is 3. The minimum atomic E-state index is -0.621. The van der Waals surface area contributed by atoms with Gasteiger partial charge in [0.05, 0.1) is 11.0 Å². The highest BCUT2D eigenvalue weighted by Crippen LogP contribution is 2.41. The second-order valence-corrected chi connectivity index (χ2v) is 9.52. The SMILES string of the molecule is CCCCCCC(C)c1ccc(OC(=O)C2(c3ccc(C)cc3)CCCCC2)c(C#N)c1. The number of ether oxygens (including phenoxy) is 1. The van der Waals surface area contributed by atoms with Crippen molar-refractivity contribution in [1.82, 2.24) is 0 Å². The Bertz CT molecular complexity index is 933. The van der Waals surface area contributed by atoms with Crippen LogP contribution in [0, 0.1) is 18.3 Å². The topological polar surface area (TPSA) is 50.1 Å². The van der Waals surface area contributed by atoms with E-state index in [4.69, 9.17) is 4.74 Å². The molecule has 170 valence electrons. The van der Waals surface area contributed by atoms with Gasteiger partial charge in [0, 0.05) is 0 Å². The smallest absolute Gasteiger partial charge is 0.321 e. The fourth-order valence-electron chi connectivity index (χ4n) is 4.91. The molecule has 1 aliphatic rings. The molecule has 3 nitrogen and oxygen atoms in total. The van der Waals surface area contributed by atoms with Crippen LogP contribution in [0.4, 0.5) is 0 Å². The van der Waals surface area contributed by atoms with Gasteiger partial charge in [0.1, 0.15) is 11.8 Å². The van der Waals surface area contributed by atoms with Crippen LogP contribution in [0.25, 0.3) is 0 Å². The van der Waals surface area contributed by atoms with Crippen molar-refractivity contribution < 1.29 is 9.53 Å². The van der Waals surface area contributed by atoms with E-state index in [1.54, 1.807) is 0 Å². The highest BCUT2D eigenvalue weighted by molar-refractivity contribution is 5.85. The first-order valence-corrected chi connectivity index (χ1v) is 12.3. The molecule has 0 saturated heterocycles. The van der Waals surface area contributed by atoms with Crippen LogP contribution in [-0.4, -0.2) is 5.97 Å². The summed E-state index contributed by atoms with van der Waals surface area (Å²) >= 11 is 0. The molecule has 0 aliphatic heterocycles. The normalized spacial score (nSPS) is 16.2. The summed E-state index contributed by atoms with van der Waals surface area (Å²) in [7, 11) is 0. The van der Waals surface area contributed by atoms with E-state index in [2.05, 4.69) is 51.1 Å². The zero-order valence-corrected chi connectivity index (χ0v) is 20.0. The molecule has 2 aromatic rings. The molecule has 1 unspecified atom stereocenters. The van der Waals surface area contributed by atoms with Crippen LogP contribution in [0.3, 0.4) is 0 Å². The number of aryl methyl sites for hydroxylation is 1. The Morgan fingerprint density at radius 3 is 2.44 bits per heavy atom. The fraction of sp³-hybridized carbons (Fsp3) is 0.517. The number of rotatable bonds is 9. The maximum Gasteiger partial charge on any atom is 0.321 e. The monoisotopic (exact) mass is 431 g/mol. The molecular formula is C29H37NO2. The summed E-state index contributed by atoms with van der Waals surface area (Å²) in [6.45, 7) is 6.49. The van der Waals surface area contributed by atoms with E-state index in [9.17, 15) is 10.1 Å². The summed E-state index contributed by atoms with van der Waals surface area (Å²) in [6, 6.07) is 16.3. The zero-order valence-electron chi connectivity index (χ0n) is 20.0. The minimum Gasteiger partial charge on any atom is -0.424 e. The third-order valence-electron chi connectivity index (χ3n) is 7.09. The summed E-state index contributed by atoms with van der Waals surface area (Å²) < 4.78 is 5.95. The zero-order chi connectivity index (χ0) is 23.0. The largest absolute Gasteiger partial charge is 0.424 e. The van der Waals surface area contributed by atoms with Crippen molar-refractivity contribution in [2.75, 3.05) is 0 Å². The fourth-order valence-corrected chi connectivity index (χ4v) is 4.91. The second kappa shape index (κ2) is 11.3. The molecule has 3 rings (SSSR count). The van der Waals surface area contributed by atoms with E-state index >= 15 is 0 Å². The standard InChI is InChI=1S/C29H37NO2/c1-4-5-6-8-11-23(3)24-14-17-27(25(20-24)21-30)32-28(31)29(18-9-7-10-19-29)26-15-12-22(2)13-16-26/h12-17,20,23H,4-11,18-19H2,1-3H3. The Balaban J connectivity index is 1.79. The Morgan fingerprint density at radius 2 is 1.78 bits per heavy atom. The number of benzene rings is 2. The number of carbonyl (C=O) groups is 1. The van der Waals surface area contributed by atoms with Crippen LogP contribution in [0.5, 0.6) is 5.75 Å². The van der Waals surface area contributed by atoms with Crippen molar-refractivity contribution in [3.63, 3.8) is 0 Å². The van der Waals surface area contributed by atoms with Crippen LogP contribution in [0.2, 0.25) is 0 Å². The molecule has 0 spiro atoms. The van der Waals surface area contributed by atoms with Gasteiger partial charge in [0.25, 0.3) is 0 Å². The Hall–Kier alpha value is -2.60. The van der Waals surface area contributed by atoms with Gasteiger partial charge in [-0.05, 0) is 55.4 Å². The average molecular weight is 432 g/mol. The lowest BCUT2D eigenvalue weighted by atomic mass is 9.69. The third-order valence-corrected chi connectivity index (χ3v) is 7.09. The van der Waals surface area contributed by atoms with Crippen molar-refractivity contribution in [2.24, 2.45) is 0 Å². The number of nitrogens with zero attached hydrogens (tertiary/aromatic N) is 1. The summed E-state index contributed by atoms with van der Waals surface area (Å²) in [5.74, 6) is 0.551. The van der Waals surface area contributed by atoms with Crippen molar-refractivity contribution in [3.8, 4) is 11.8 Å². The molecule has 0 N–H and O–H groups in total. The molecule has 0 amide bonds. The van der Waals surface area contributed by atoms with E-state index in [-0.39, 0.29) is 5.97 Å². The maximum absolute atomic E-state index is 13.5. The number of hydrogen-bond donors (Lipinski definition) is 0. The van der Waals surface area contributed by atoms with Crippen LogP contribution in [0.15, 0.2) is 42.5 Å². The first-order chi connectivity index (χ1) is 15.5. The van der Waals surface area contributed by atoms with Gasteiger partial charge in [-0.15, -0.1) is 0 Å². The van der Waals surface area contributed by atoms with Crippen LogP contribution < -0.4 is 4.74 Å². The number of esters is 1. The summed E-state index contributed by atoms with van der Waals surface area (Å²) in [5.41, 5.74) is 3.18. The van der Waals surface area contributed by atoms with Gasteiger partial charge in [0.2, 0.25) is 0 Å². The van der Waals surface area contributed by atoms with Gasteiger partial charge in [-0.3, -0.25) is 4.79 Å². The van der Waals surface area contributed by atoms with E-state index < -0.39 is 5.41 Å². The molecule has 1 atom stereocenters. The van der Waals surface area contributed by atoms with Crippen molar-refractivity contribution in [2.45, 2.75) is 96.3 Å². The summed E-state index contributed by atoms with van der Waals surface area (Å²) in [4.78, 5) is 13.5. The van der Waals surface area contributed by atoms with E-state index in [0.29, 0.717) is 17.2 Å². The predicted molar refractivity (Wildman–Crippen MR) is 130 cm³/mol. The second-order valence-electron chi connectivity index (χ2n) is 9.52. The molecule has 0 bridgehead atoms. The molecule has 2 aromatic carbocycles. The van der Waals surface area contributed by atoms with Gasteiger partial charge in [-0.1, -0.05) is 94.7 Å². The molecule has 0 radical (unpaired) electrons. The van der Waals surface area contributed by atoms with Gasteiger partial charge in [-0.2, -0.15) is 5.26 Å². The minimum absolute atomic E-state index is 0.224. The van der Waals surface area contributed by atoms with E-state index in [1.165, 1.54) is 31.2 Å². The molecule has 1 fully saturated rings. The molecule has 1 aliphatic carbocycles. The predicted octanol–water partition coefficient (Wildman–Crippen LogP) is 7.75. The molecule has 0 heterocycles. The van der Waals surface area contributed by atoms with Crippen LogP contribution in [-0.2, 0) is 10.2 Å². The first kappa shape index (κ1) is 24.1. The van der Waals surface area contributed by atoms with Crippen molar-refractivity contribution in [1.29, 1.82) is 5.26 Å². The molecule has 0 aromatic heterocycles. The van der Waals surface area contributed by atoms with Gasteiger partial charge >= 0.3 is 5.97 Å². The Labute approximate surface area is 193 Å². The lowest BCUT2D eigenvalue weighted by Crippen LogP contribution is -2.41. The van der Waals surface area contributed by atoms with Crippen LogP contribution in [0.1, 0.15) is 106 Å². The number of nitriles is 1. The van der Waals surface area contributed by atoms with Crippen molar-refractivity contribution in [3.05, 3.63) is 64.7 Å². The first-order valence-electron chi connectivity index (χ1n) is 12.3. The average Bonchev–Trinajstić information content (AvgIpc) is 2.82. The number of carbonyl (C=O) groups excluding carboxylic acids is 1. The third kappa shape index (κ3) is 5.60. The van der Waals surface area contributed by atoms with Gasteiger partial charge in [-0.25, -0.2) is 0 Å². The van der Waals surface area contributed by atoms with Gasteiger partial charge < -0.3 is 4.74 Å². The van der Waals surface area contributed by atoms with E-state index in [1.807, 2.05) is 18.2 Å². The maximum atomic E-state index is 13.5. The molecule has 32 heavy (non-hydrogen) atoms. The molecular weight excluding hydrogens is 394 g/mol. The molecule has 3 heteroatoms. The highest BCUT2D eigenvalue weighted by atomic mass is 16.5. The Kier molecular flexibility index (Phi) is 8.51. The lowest BCUT2D eigenvalue weighted by Gasteiger charge is -2.35. The van der Waals surface area contributed by atoms with Crippen molar-refractivity contribution >= 4 is 5.97 Å². The lowest BCUT2D eigenvalue weighted by molar-refractivity contribution is -0.142. The quantitative estimate of drug-likeness (QED) is 0.232. The highest BCUT2D eigenvalue weighted by Gasteiger charge is 2.43. The Morgan fingerprint density at radius 1 is 1.06 bits per heavy atom.